The number of nitrogens with zero attached hydrogens (tertiary/aromatic N) is 2. The Bertz CT molecular complexity index is 582. The van der Waals surface area contributed by atoms with Crippen molar-refractivity contribution in [3.63, 3.8) is 0 Å². The third kappa shape index (κ3) is 2.96. The van der Waals surface area contributed by atoms with Crippen LogP contribution < -0.4 is 5.32 Å². The third-order valence-corrected chi connectivity index (χ3v) is 4.67. The van der Waals surface area contributed by atoms with E-state index in [4.69, 9.17) is 11.6 Å². The first kappa shape index (κ1) is 13.0. The molecule has 2 aromatic rings. The van der Waals surface area contributed by atoms with Gasteiger partial charge in [0, 0.05) is 35.7 Å². The number of rotatable bonds is 3. The van der Waals surface area contributed by atoms with Crippen LogP contribution >= 0.6 is 23.4 Å². The molecule has 0 aliphatic carbocycles. The maximum Gasteiger partial charge on any atom is 0.0762 e. The average Bonchev–Trinajstić information content (AvgIpc) is 2.82. The molecule has 0 spiro atoms. The van der Waals surface area contributed by atoms with Crippen LogP contribution in [0.4, 0.5) is 0 Å². The summed E-state index contributed by atoms with van der Waals surface area (Å²) in [5.41, 5.74) is 2.39. The van der Waals surface area contributed by atoms with E-state index in [1.54, 1.807) is 0 Å². The van der Waals surface area contributed by atoms with Gasteiger partial charge in [-0.05, 0) is 42.0 Å². The van der Waals surface area contributed by atoms with Crippen molar-refractivity contribution in [2.24, 2.45) is 7.05 Å². The summed E-state index contributed by atoms with van der Waals surface area (Å²) >= 11 is 8.02. The predicted octanol–water partition coefficient (Wildman–Crippen LogP) is 3.40. The van der Waals surface area contributed by atoms with Gasteiger partial charge < -0.3 is 5.32 Å². The highest BCUT2D eigenvalue weighted by Crippen LogP contribution is 2.37. The van der Waals surface area contributed by atoms with Crippen molar-refractivity contribution in [3.05, 3.63) is 46.7 Å². The van der Waals surface area contributed by atoms with Crippen molar-refractivity contribution in [3.8, 4) is 0 Å². The van der Waals surface area contributed by atoms with E-state index in [9.17, 15) is 0 Å². The van der Waals surface area contributed by atoms with Gasteiger partial charge >= 0.3 is 0 Å². The molecule has 0 saturated carbocycles. The van der Waals surface area contributed by atoms with Gasteiger partial charge in [-0.1, -0.05) is 11.6 Å². The van der Waals surface area contributed by atoms with Crippen LogP contribution in [0.15, 0.2) is 35.4 Å². The number of halogens is 1. The van der Waals surface area contributed by atoms with E-state index in [0.29, 0.717) is 6.04 Å². The lowest BCUT2D eigenvalue weighted by Crippen LogP contribution is -2.24. The second kappa shape index (κ2) is 5.57. The molecule has 1 aromatic carbocycles. The zero-order chi connectivity index (χ0) is 13.2. The van der Waals surface area contributed by atoms with E-state index in [2.05, 4.69) is 22.5 Å². The number of benzene rings is 1. The zero-order valence-electron chi connectivity index (χ0n) is 10.8. The minimum Gasteiger partial charge on any atom is -0.304 e. The normalized spacial score (nSPS) is 18.3. The summed E-state index contributed by atoms with van der Waals surface area (Å²) in [6.07, 6.45) is 3.10. The fourth-order valence-corrected chi connectivity index (χ4v) is 3.65. The molecule has 19 heavy (non-hydrogen) atoms. The van der Waals surface area contributed by atoms with Gasteiger partial charge in [-0.3, -0.25) is 4.68 Å². The molecule has 3 nitrogen and oxygen atoms in total. The van der Waals surface area contributed by atoms with E-state index in [1.807, 2.05) is 41.8 Å². The predicted molar refractivity (Wildman–Crippen MR) is 79.6 cm³/mol. The number of aromatic nitrogens is 2. The van der Waals surface area contributed by atoms with Crippen molar-refractivity contribution in [1.82, 2.24) is 15.1 Å². The van der Waals surface area contributed by atoms with Crippen LogP contribution in [-0.2, 0) is 13.6 Å². The fraction of sp³-hybridized carbons (Fsp3) is 0.357. The van der Waals surface area contributed by atoms with Crippen LogP contribution in [0.2, 0.25) is 5.02 Å². The second-order valence-corrected chi connectivity index (χ2v) is 6.31. The summed E-state index contributed by atoms with van der Waals surface area (Å²) in [7, 11) is 1.94. The first-order valence-corrected chi connectivity index (χ1v) is 7.73. The summed E-state index contributed by atoms with van der Waals surface area (Å²) in [6, 6.07) is 8.59. The van der Waals surface area contributed by atoms with E-state index in [0.717, 1.165) is 29.4 Å². The quantitative estimate of drug-likeness (QED) is 0.941. The van der Waals surface area contributed by atoms with Gasteiger partial charge in [-0.2, -0.15) is 5.10 Å². The molecular formula is C14H16ClN3S. The fourth-order valence-electron chi connectivity index (χ4n) is 2.36. The highest BCUT2D eigenvalue weighted by Gasteiger charge is 2.20. The highest BCUT2D eigenvalue weighted by molar-refractivity contribution is 7.99. The van der Waals surface area contributed by atoms with Crippen LogP contribution in [0.25, 0.3) is 0 Å². The molecule has 1 unspecified atom stereocenters. The Morgan fingerprint density at radius 1 is 1.47 bits per heavy atom. The summed E-state index contributed by atoms with van der Waals surface area (Å²) in [5.74, 6) is 1.15. The van der Waals surface area contributed by atoms with E-state index < -0.39 is 0 Å². The molecule has 0 amide bonds. The summed E-state index contributed by atoms with van der Waals surface area (Å²) in [4.78, 5) is 1.34. The van der Waals surface area contributed by atoms with Gasteiger partial charge in [-0.15, -0.1) is 11.8 Å². The molecule has 0 radical (unpaired) electrons. The Balaban J connectivity index is 1.74. The van der Waals surface area contributed by atoms with Crippen LogP contribution in [0.5, 0.6) is 0 Å². The van der Waals surface area contributed by atoms with Crippen LogP contribution in [-0.4, -0.2) is 15.5 Å². The van der Waals surface area contributed by atoms with Crippen molar-refractivity contribution in [2.75, 3.05) is 5.75 Å². The van der Waals surface area contributed by atoms with Crippen LogP contribution in [0.3, 0.4) is 0 Å². The summed E-state index contributed by atoms with van der Waals surface area (Å²) < 4.78 is 1.83. The average molecular weight is 294 g/mol. The number of hydrogen-bond donors (Lipinski definition) is 1. The third-order valence-electron chi connectivity index (χ3n) is 3.31. The van der Waals surface area contributed by atoms with E-state index >= 15 is 0 Å². The molecule has 0 bridgehead atoms. The minimum atomic E-state index is 0.372. The Hall–Kier alpha value is -0.970. The SMILES string of the molecule is Cn1ccc(CNC2CCSc3ccc(Cl)cc32)n1. The lowest BCUT2D eigenvalue weighted by atomic mass is 10.0. The molecule has 0 fully saturated rings. The Labute approximate surface area is 122 Å². The number of hydrogen-bond acceptors (Lipinski definition) is 3. The molecule has 100 valence electrons. The number of nitrogens with one attached hydrogen (secondary N) is 1. The highest BCUT2D eigenvalue weighted by atomic mass is 35.5. The molecule has 2 heterocycles. The van der Waals surface area contributed by atoms with Crippen LogP contribution in [0, 0.1) is 0 Å². The van der Waals surface area contributed by atoms with Crippen molar-refractivity contribution >= 4 is 23.4 Å². The monoisotopic (exact) mass is 293 g/mol. The van der Waals surface area contributed by atoms with Crippen molar-refractivity contribution < 1.29 is 0 Å². The first-order chi connectivity index (χ1) is 9.22. The van der Waals surface area contributed by atoms with Crippen molar-refractivity contribution in [2.45, 2.75) is 23.9 Å². The molecule has 1 N–H and O–H groups in total. The minimum absolute atomic E-state index is 0.372. The molecule has 1 aliphatic heterocycles. The largest absolute Gasteiger partial charge is 0.304 e. The topological polar surface area (TPSA) is 29.9 Å². The molecule has 1 aliphatic rings. The van der Waals surface area contributed by atoms with Gasteiger partial charge in [-0.25, -0.2) is 0 Å². The smallest absolute Gasteiger partial charge is 0.0762 e. The maximum absolute atomic E-state index is 6.11. The maximum atomic E-state index is 6.11. The number of fused-ring (bicyclic) bond motifs is 1. The Morgan fingerprint density at radius 2 is 2.37 bits per heavy atom. The second-order valence-electron chi connectivity index (χ2n) is 4.73. The zero-order valence-corrected chi connectivity index (χ0v) is 12.3. The van der Waals surface area contributed by atoms with E-state index in [1.165, 1.54) is 10.5 Å². The van der Waals surface area contributed by atoms with Gasteiger partial charge in [0.05, 0.1) is 5.69 Å². The Morgan fingerprint density at radius 3 is 3.16 bits per heavy atom. The Kier molecular flexibility index (Phi) is 3.82. The van der Waals surface area contributed by atoms with Gasteiger partial charge in [0.1, 0.15) is 0 Å². The summed E-state index contributed by atoms with van der Waals surface area (Å²) in [5, 5.41) is 8.79. The lowest BCUT2D eigenvalue weighted by molar-refractivity contribution is 0.503. The van der Waals surface area contributed by atoms with Crippen LogP contribution in [0.1, 0.15) is 23.7 Å². The van der Waals surface area contributed by atoms with E-state index in [-0.39, 0.29) is 0 Å². The van der Waals surface area contributed by atoms with Crippen molar-refractivity contribution in [1.29, 1.82) is 0 Å². The number of aryl methyl sites for hydroxylation is 1. The van der Waals surface area contributed by atoms with Gasteiger partial charge in [0.2, 0.25) is 0 Å². The molecule has 5 heteroatoms. The molecule has 3 rings (SSSR count). The number of thioether (sulfide) groups is 1. The summed E-state index contributed by atoms with van der Waals surface area (Å²) in [6.45, 7) is 0.794. The molecular weight excluding hydrogens is 278 g/mol. The lowest BCUT2D eigenvalue weighted by Gasteiger charge is -2.26. The van der Waals surface area contributed by atoms with Gasteiger partial charge in [0.15, 0.2) is 0 Å². The standard InChI is InChI=1S/C14H16ClN3S/c1-18-6-4-11(17-18)9-16-13-5-7-19-14-3-2-10(15)8-12(13)14/h2-4,6,8,13,16H,5,7,9H2,1H3. The molecule has 1 aromatic heterocycles. The first-order valence-electron chi connectivity index (χ1n) is 6.36. The van der Waals surface area contributed by atoms with Gasteiger partial charge in [0.25, 0.3) is 0 Å². The molecule has 0 saturated heterocycles. The molecule has 1 atom stereocenters.